The zero-order chi connectivity index (χ0) is 15.0. The van der Waals surface area contributed by atoms with Crippen molar-refractivity contribution in [1.29, 1.82) is 0 Å². The van der Waals surface area contributed by atoms with Crippen LogP contribution in [0.3, 0.4) is 0 Å². The van der Waals surface area contributed by atoms with Gasteiger partial charge in [-0.05, 0) is 0 Å². The van der Waals surface area contributed by atoms with Crippen LogP contribution in [0.2, 0.25) is 0 Å². The molecule has 5 N–H and O–H groups in total. The number of nitrogens with one attached hydrogen (secondary N) is 1. The number of rotatable bonds is 1. The van der Waals surface area contributed by atoms with Crippen molar-refractivity contribution in [3.05, 3.63) is 42.4 Å². The second-order valence-corrected chi connectivity index (χ2v) is 4.71. The highest BCUT2D eigenvalue weighted by Gasteiger charge is 2.40. The molecular weight excluding hydrogens is 268 g/mol. The van der Waals surface area contributed by atoms with Gasteiger partial charge in [0.2, 0.25) is 0 Å². The van der Waals surface area contributed by atoms with Gasteiger partial charge in [-0.25, -0.2) is 14.8 Å². The number of nitrogen functional groups attached to an aromatic ring is 1. The fourth-order valence-corrected chi connectivity index (χ4v) is 2.43. The molecule has 0 spiro atoms. The molecule has 7 nitrogen and oxygen atoms in total. The number of benzene rings is 1. The van der Waals surface area contributed by atoms with Gasteiger partial charge in [0.05, 0.1) is 11.3 Å². The lowest BCUT2D eigenvalue weighted by Gasteiger charge is -2.22. The molecule has 0 saturated heterocycles. The summed E-state index contributed by atoms with van der Waals surface area (Å²) in [6.45, 7) is 0. The Bertz CT molecular complexity index is 757. The Balaban J connectivity index is 2.17. The third-order valence-electron chi connectivity index (χ3n) is 3.47. The summed E-state index contributed by atoms with van der Waals surface area (Å²) in [7, 11) is 1.55. The third kappa shape index (κ3) is 1.95. The molecule has 1 aliphatic rings. The Kier molecular flexibility index (Phi) is 2.93. The van der Waals surface area contributed by atoms with E-state index in [0.29, 0.717) is 17.2 Å². The lowest BCUT2D eigenvalue weighted by atomic mass is 10.0. The van der Waals surface area contributed by atoms with Crippen LogP contribution in [0.5, 0.6) is 0 Å². The van der Waals surface area contributed by atoms with E-state index in [0.717, 1.165) is 11.1 Å². The second-order valence-electron chi connectivity index (χ2n) is 4.71. The number of aromatic nitrogens is 2. The minimum Gasteiger partial charge on any atom is -0.384 e. The lowest BCUT2D eigenvalue weighted by molar-refractivity contribution is 0.219. The first-order valence-electron chi connectivity index (χ1n) is 6.36. The van der Waals surface area contributed by atoms with Gasteiger partial charge in [-0.2, -0.15) is 5.84 Å². The van der Waals surface area contributed by atoms with Crippen LogP contribution in [0.15, 0.2) is 36.8 Å². The third-order valence-corrected chi connectivity index (χ3v) is 3.47. The molecule has 7 heteroatoms. The van der Waals surface area contributed by atoms with Crippen LogP contribution in [0.25, 0.3) is 17.3 Å². The predicted molar refractivity (Wildman–Crippen MR) is 81.4 cm³/mol. The number of hydrogen-bond acceptors (Lipinski definition) is 5. The van der Waals surface area contributed by atoms with E-state index in [2.05, 4.69) is 15.3 Å². The first kappa shape index (κ1) is 13.2. The summed E-state index contributed by atoms with van der Waals surface area (Å²) in [6, 6.07) is 6.93. The number of anilines is 1. The fourth-order valence-electron chi connectivity index (χ4n) is 2.43. The number of hydrogen-bond donors (Lipinski definition) is 3. The van der Waals surface area contributed by atoms with Gasteiger partial charge in [0.1, 0.15) is 18.3 Å². The molecule has 0 radical (unpaired) electrons. The van der Waals surface area contributed by atoms with Crippen molar-refractivity contribution in [3.63, 3.8) is 0 Å². The monoisotopic (exact) mass is 283 g/mol. The van der Waals surface area contributed by atoms with Crippen LogP contribution in [-0.2, 0) is 0 Å². The number of amides is 2. The Morgan fingerprint density at radius 1 is 1.33 bits per heavy atom. The minimum atomic E-state index is -0.416. The normalized spacial score (nSPS) is 19.3. The molecule has 0 bridgehead atoms. The van der Waals surface area contributed by atoms with E-state index < -0.39 is 4.59 Å². The van der Waals surface area contributed by atoms with Gasteiger partial charge in [-0.3, -0.25) is 0 Å². The highest BCUT2D eigenvalue weighted by molar-refractivity contribution is 5.97. The van der Waals surface area contributed by atoms with Crippen molar-refractivity contribution < 1.29 is 4.79 Å². The van der Waals surface area contributed by atoms with Crippen LogP contribution in [0.4, 0.5) is 16.3 Å². The first-order chi connectivity index (χ1) is 10.1. The van der Waals surface area contributed by atoms with Crippen molar-refractivity contribution >= 4 is 23.6 Å². The van der Waals surface area contributed by atoms with Gasteiger partial charge < -0.3 is 11.1 Å². The molecule has 2 amide bonds. The molecule has 0 fully saturated rings. The smallest absolute Gasteiger partial charge is 0.384 e. The van der Waals surface area contributed by atoms with Crippen molar-refractivity contribution in [2.75, 3.05) is 12.8 Å². The van der Waals surface area contributed by atoms with Gasteiger partial charge in [-0.15, -0.1) is 4.59 Å². The van der Waals surface area contributed by atoms with Crippen molar-refractivity contribution in [2.45, 2.75) is 0 Å². The zero-order valence-corrected chi connectivity index (χ0v) is 11.4. The number of nitrogens with zero attached hydrogens (tertiary/aromatic N) is 3. The van der Waals surface area contributed by atoms with Crippen LogP contribution in [0.1, 0.15) is 5.56 Å². The van der Waals surface area contributed by atoms with Crippen molar-refractivity contribution in [1.82, 2.24) is 19.9 Å². The maximum atomic E-state index is 12.0. The lowest BCUT2D eigenvalue weighted by Crippen LogP contribution is -2.58. The van der Waals surface area contributed by atoms with Crippen LogP contribution < -0.4 is 21.5 Å². The van der Waals surface area contributed by atoms with Gasteiger partial charge in [0.15, 0.2) is 5.69 Å². The Labute approximate surface area is 121 Å². The predicted octanol–water partition coefficient (Wildman–Crippen LogP) is 1.23. The highest BCUT2D eigenvalue weighted by atomic mass is 16.2. The van der Waals surface area contributed by atoms with E-state index in [1.165, 1.54) is 6.33 Å². The number of nitrogens with two attached hydrogens (primary N) is 2. The standard InChI is InChI=1S/C14H14N6O/c1-17-14(21)20(16)6-5-10-9(3-2-4-12(10)20)11-7-13(15)19-8-18-11/h2-8H,16H2,1H3,(H2-,15,17,18,19,21)/p+1. The average Bonchev–Trinajstić information content (AvgIpc) is 2.85. The molecule has 106 valence electrons. The molecular formula is C14H15N6O+. The number of carbonyl (C=O) groups excluding carboxylic acids is 1. The van der Waals surface area contributed by atoms with E-state index in [4.69, 9.17) is 11.6 Å². The van der Waals surface area contributed by atoms with E-state index in [-0.39, 0.29) is 6.03 Å². The molecule has 2 aromatic rings. The van der Waals surface area contributed by atoms with Crippen molar-refractivity contribution in [2.24, 2.45) is 5.84 Å². The summed E-state index contributed by atoms with van der Waals surface area (Å²) in [5.74, 6) is 6.57. The van der Waals surface area contributed by atoms with E-state index in [1.807, 2.05) is 24.3 Å². The summed E-state index contributed by atoms with van der Waals surface area (Å²) < 4.78 is -0.416. The summed E-state index contributed by atoms with van der Waals surface area (Å²) in [5.41, 5.74) is 8.78. The second kappa shape index (κ2) is 4.65. The average molecular weight is 283 g/mol. The summed E-state index contributed by atoms with van der Waals surface area (Å²) in [4.78, 5) is 20.2. The fraction of sp³-hybridized carbons (Fsp3) is 0.0714. The van der Waals surface area contributed by atoms with Gasteiger partial charge in [0.25, 0.3) is 0 Å². The van der Waals surface area contributed by atoms with Crippen molar-refractivity contribution in [3.8, 4) is 11.3 Å². The highest BCUT2D eigenvalue weighted by Crippen LogP contribution is 2.38. The molecule has 2 heterocycles. The summed E-state index contributed by atoms with van der Waals surface area (Å²) in [5, 5.41) is 2.57. The Morgan fingerprint density at radius 3 is 2.86 bits per heavy atom. The molecule has 21 heavy (non-hydrogen) atoms. The maximum absolute atomic E-state index is 12.0. The minimum absolute atomic E-state index is 0.315. The van der Waals surface area contributed by atoms with E-state index >= 15 is 0 Å². The maximum Gasteiger partial charge on any atom is 0.445 e. The molecule has 1 atom stereocenters. The first-order valence-corrected chi connectivity index (χ1v) is 6.36. The number of quaternary nitrogens is 1. The van der Waals surface area contributed by atoms with E-state index in [1.54, 1.807) is 19.3 Å². The molecule has 3 rings (SSSR count). The summed E-state index contributed by atoms with van der Waals surface area (Å²) >= 11 is 0. The van der Waals surface area contributed by atoms with Gasteiger partial charge >= 0.3 is 6.03 Å². The van der Waals surface area contributed by atoms with Gasteiger partial charge in [-0.1, -0.05) is 12.1 Å². The molecule has 1 aromatic heterocycles. The topological polar surface area (TPSA) is 107 Å². The number of fused-ring (bicyclic) bond motifs is 1. The zero-order valence-electron chi connectivity index (χ0n) is 11.4. The summed E-state index contributed by atoms with van der Waals surface area (Å²) in [6.07, 6.45) is 4.86. The Morgan fingerprint density at radius 2 is 2.14 bits per heavy atom. The molecule has 1 aliphatic heterocycles. The largest absolute Gasteiger partial charge is 0.445 e. The number of urea groups is 1. The molecule has 1 unspecified atom stereocenters. The SMILES string of the molecule is CNC(=O)[N+]1(N)C=Cc2c(-c3cc(N)ncn3)cccc21. The molecule has 1 aromatic carbocycles. The molecule has 0 saturated carbocycles. The molecule has 0 aliphatic carbocycles. The number of carbonyl (C=O) groups is 1. The quantitative estimate of drug-likeness (QED) is 0.414. The van der Waals surface area contributed by atoms with Crippen LogP contribution in [-0.4, -0.2) is 23.0 Å². The van der Waals surface area contributed by atoms with E-state index in [9.17, 15) is 4.79 Å². The van der Waals surface area contributed by atoms with Gasteiger partial charge in [0, 0.05) is 30.8 Å². The van der Waals surface area contributed by atoms with Crippen LogP contribution >= 0.6 is 0 Å². The Hall–Kier alpha value is -2.77. The van der Waals surface area contributed by atoms with Crippen LogP contribution in [0, 0.1) is 0 Å².